The summed E-state index contributed by atoms with van der Waals surface area (Å²) in [6.45, 7) is 7.41. The summed E-state index contributed by atoms with van der Waals surface area (Å²) in [4.78, 5) is 0. The Labute approximate surface area is 145 Å². The fourth-order valence-electron chi connectivity index (χ4n) is 1.33. The molecule has 0 saturated carbocycles. The molecule has 0 fully saturated rings. The third-order valence-corrected chi connectivity index (χ3v) is 2.45. The van der Waals surface area contributed by atoms with Gasteiger partial charge in [-0.2, -0.15) is 12.8 Å². The average Bonchev–Trinajstić information content (AvgIpc) is 2.50. The monoisotopic (exact) mass is 402 g/mol. The van der Waals surface area contributed by atoms with Crippen LogP contribution >= 0.6 is 17.0 Å². The van der Waals surface area contributed by atoms with Gasteiger partial charge in [0.05, 0.1) is 0 Å². The molecule has 2 aromatic carbocycles. The molecule has 0 saturated heterocycles. The van der Waals surface area contributed by atoms with E-state index in [2.05, 4.69) is 13.8 Å². The summed E-state index contributed by atoms with van der Waals surface area (Å²) in [6.07, 6.45) is 1.56. The van der Waals surface area contributed by atoms with Gasteiger partial charge in [-0.1, -0.05) is 35.4 Å². The van der Waals surface area contributed by atoms with E-state index in [1.165, 1.54) is 0 Å². The summed E-state index contributed by atoms with van der Waals surface area (Å²) in [5.41, 5.74) is 2.29. The molecule has 2 rings (SSSR count). The van der Waals surface area contributed by atoms with Crippen molar-refractivity contribution in [2.45, 2.75) is 12.8 Å². The Hall–Kier alpha value is -0.497. The molecule has 0 spiro atoms. The van der Waals surface area contributed by atoms with Gasteiger partial charge in [0, 0.05) is 0 Å². The summed E-state index contributed by atoms with van der Waals surface area (Å²) in [5.74, 6) is 0.624. The Morgan fingerprint density at radius 2 is 0.952 bits per heavy atom. The molecule has 112 valence electrons. The third-order valence-electron chi connectivity index (χ3n) is 2.45. The van der Waals surface area contributed by atoms with Crippen molar-refractivity contribution in [2.75, 3.05) is 0 Å². The molecule has 0 atom stereocenters. The van der Waals surface area contributed by atoms with E-state index in [1.807, 2.05) is 24.3 Å². The van der Waals surface area contributed by atoms with Crippen molar-refractivity contribution in [3.8, 4) is 11.5 Å². The summed E-state index contributed by atoms with van der Waals surface area (Å²) in [6, 6.07) is 14.1. The fourth-order valence-corrected chi connectivity index (χ4v) is 1.33. The van der Waals surface area contributed by atoms with Crippen LogP contribution in [0.5, 0.6) is 11.5 Å². The second kappa shape index (κ2) is 13.2. The van der Waals surface area contributed by atoms with Crippen LogP contribution in [0.15, 0.2) is 48.5 Å². The van der Waals surface area contributed by atoms with E-state index in [0.29, 0.717) is 11.5 Å². The van der Waals surface area contributed by atoms with Crippen LogP contribution in [0.25, 0.3) is 0 Å². The maximum atomic E-state index is 8.83. The van der Waals surface area contributed by atoms with Crippen molar-refractivity contribution in [3.63, 3.8) is 0 Å². The van der Waals surface area contributed by atoms with Crippen molar-refractivity contribution >= 4 is 17.0 Å². The van der Waals surface area contributed by atoms with Gasteiger partial charge in [-0.15, -0.1) is 0 Å². The van der Waals surface area contributed by atoms with Gasteiger partial charge >= 0.3 is 37.9 Å². The average molecular weight is 404 g/mol. The van der Waals surface area contributed by atoms with Crippen LogP contribution < -0.4 is 0 Å². The summed E-state index contributed by atoms with van der Waals surface area (Å²) in [7, 11) is 9.87. The van der Waals surface area contributed by atoms with E-state index in [1.54, 1.807) is 24.3 Å². The standard InChI is InChI=1S/2C8H9O.2ClH.Zr/c2*1-2-7-3-5-8(9)6-4-7;;;/h2*3-6,9H,1-2H2;2*1H;/q2*-1;;;+4/p-2. The molecule has 0 bridgehead atoms. The van der Waals surface area contributed by atoms with Crippen molar-refractivity contribution < 1.29 is 31.1 Å². The number of phenolic OH excluding ortho intramolecular Hbond substituents is 2. The topological polar surface area (TPSA) is 40.5 Å². The number of hydrogen-bond acceptors (Lipinski definition) is 2. The first-order valence-corrected chi connectivity index (χ1v) is 12.5. The van der Waals surface area contributed by atoms with Gasteiger partial charge in [0.15, 0.2) is 0 Å². The molecule has 2 nitrogen and oxygen atoms in total. The van der Waals surface area contributed by atoms with Gasteiger partial charge in [0.1, 0.15) is 11.5 Å². The Morgan fingerprint density at radius 1 is 0.714 bits per heavy atom. The first-order chi connectivity index (χ1) is 10.1. The molecule has 0 heterocycles. The van der Waals surface area contributed by atoms with Gasteiger partial charge in [-0.25, -0.2) is 0 Å². The minimum absolute atomic E-state index is 0.312. The molecular formula is C16H18Cl2O2Zr. The molecule has 0 aliphatic rings. The molecule has 0 radical (unpaired) electrons. The predicted octanol–water partition coefficient (Wildman–Crippen LogP) is 4.91. The molecular weight excluding hydrogens is 386 g/mol. The molecule has 0 aliphatic heterocycles. The van der Waals surface area contributed by atoms with E-state index in [4.69, 9.17) is 27.2 Å². The van der Waals surface area contributed by atoms with Crippen molar-refractivity contribution in [1.82, 2.24) is 0 Å². The molecule has 0 amide bonds. The van der Waals surface area contributed by atoms with Gasteiger partial charge in [0.25, 0.3) is 0 Å². The van der Waals surface area contributed by atoms with Crippen molar-refractivity contribution in [2.24, 2.45) is 0 Å². The van der Waals surface area contributed by atoms with Crippen LogP contribution in [0, 0.1) is 13.8 Å². The number of aromatic hydroxyl groups is 2. The maximum absolute atomic E-state index is 8.83. The van der Waals surface area contributed by atoms with Gasteiger partial charge in [-0.05, 0) is 24.3 Å². The SMILES string of the molecule is [CH2-]Cc1ccc(O)cc1.[CH2-]Cc1ccc(O)cc1.[Cl][Zr+2][Cl]. The first kappa shape index (κ1) is 20.5. The molecule has 21 heavy (non-hydrogen) atoms. The van der Waals surface area contributed by atoms with Crippen molar-refractivity contribution in [1.29, 1.82) is 0 Å². The molecule has 2 N–H and O–H groups in total. The van der Waals surface area contributed by atoms with Crippen LogP contribution in [0.3, 0.4) is 0 Å². The van der Waals surface area contributed by atoms with Gasteiger partial charge in [0.2, 0.25) is 0 Å². The van der Waals surface area contributed by atoms with E-state index >= 15 is 0 Å². The summed E-state index contributed by atoms with van der Waals surface area (Å²) in [5, 5.41) is 17.7. The minimum atomic E-state index is -0.826. The second-order valence-electron chi connectivity index (χ2n) is 3.90. The van der Waals surface area contributed by atoms with Crippen molar-refractivity contribution in [3.05, 3.63) is 73.5 Å². The predicted molar refractivity (Wildman–Crippen MR) is 86.0 cm³/mol. The number of hydrogen-bond donors (Lipinski definition) is 2. The Morgan fingerprint density at radius 3 is 1.14 bits per heavy atom. The van der Waals surface area contributed by atoms with E-state index in [0.717, 1.165) is 24.0 Å². The van der Waals surface area contributed by atoms with Crippen LogP contribution in [0.2, 0.25) is 0 Å². The Kier molecular flexibility index (Phi) is 12.9. The number of halogens is 2. The fraction of sp³-hybridized carbons (Fsp3) is 0.125. The summed E-state index contributed by atoms with van der Waals surface area (Å²) < 4.78 is 0. The van der Waals surface area contributed by atoms with Crippen LogP contribution in [0.1, 0.15) is 11.1 Å². The Balaban J connectivity index is 0.000000322. The normalized spacial score (nSPS) is 8.57. The van der Waals surface area contributed by atoms with Crippen LogP contribution in [0.4, 0.5) is 0 Å². The number of phenols is 2. The summed E-state index contributed by atoms with van der Waals surface area (Å²) >= 11 is -0.826. The zero-order valence-electron chi connectivity index (χ0n) is 11.6. The molecule has 0 unspecified atom stereocenters. The van der Waals surface area contributed by atoms with Crippen LogP contribution in [-0.4, -0.2) is 10.2 Å². The zero-order valence-corrected chi connectivity index (χ0v) is 15.6. The van der Waals surface area contributed by atoms with Crippen LogP contribution in [-0.2, 0) is 33.7 Å². The number of rotatable bonds is 2. The quantitative estimate of drug-likeness (QED) is 0.698. The zero-order chi connectivity index (χ0) is 16.1. The van der Waals surface area contributed by atoms with E-state index in [-0.39, 0.29) is 0 Å². The van der Waals surface area contributed by atoms with E-state index < -0.39 is 20.8 Å². The number of benzene rings is 2. The van der Waals surface area contributed by atoms with E-state index in [9.17, 15) is 0 Å². The molecule has 2 aromatic rings. The molecule has 0 aliphatic carbocycles. The van der Waals surface area contributed by atoms with Gasteiger partial charge < -0.3 is 24.1 Å². The third kappa shape index (κ3) is 10.8. The van der Waals surface area contributed by atoms with Gasteiger partial charge in [-0.3, -0.25) is 0 Å². The molecule has 0 aromatic heterocycles. The molecule has 5 heteroatoms. The second-order valence-corrected chi connectivity index (χ2v) is 7.64. The first-order valence-electron chi connectivity index (χ1n) is 6.18. The Bertz CT molecular complexity index is 427.